The molecule has 0 unspecified atom stereocenters. The Labute approximate surface area is 135 Å². The van der Waals surface area contributed by atoms with Crippen LogP contribution < -0.4 is 10.0 Å². The quantitative estimate of drug-likeness (QED) is 0.708. The van der Waals surface area contributed by atoms with Gasteiger partial charge in [-0.3, -0.25) is 0 Å². The molecular weight excluding hydrogens is 316 g/mol. The van der Waals surface area contributed by atoms with Crippen molar-refractivity contribution < 1.29 is 13.5 Å². The van der Waals surface area contributed by atoms with E-state index in [-0.39, 0.29) is 18.0 Å². The molecule has 23 heavy (non-hydrogen) atoms. The summed E-state index contributed by atoms with van der Waals surface area (Å²) < 4.78 is 27.0. The number of nitrogens with one attached hydrogen (secondary N) is 2. The summed E-state index contributed by atoms with van der Waals surface area (Å²) in [5.74, 6) is 0.436. The van der Waals surface area contributed by atoms with Gasteiger partial charge in [0.15, 0.2) is 0 Å². The van der Waals surface area contributed by atoms with Gasteiger partial charge in [0.1, 0.15) is 0 Å². The minimum absolute atomic E-state index is 0.102. The van der Waals surface area contributed by atoms with Crippen LogP contribution in [0.15, 0.2) is 47.6 Å². The number of aromatic nitrogens is 2. The van der Waals surface area contributed by atoms with Crippen LogP contribution in [0.1, 0.15) is 13.8 Å². The molecule has 0 aliphatic rings. The molecule has 124 valence electrons. The first-order chi connectivity index (χ1) is 10.8. The molecule has 3 N–H and O–H groups in total. The van der Waals surface area contributed by atoms with Gasteiger partial charge in [-0.2, -0.15) is 0 Å². The van der Waals surface area contributed by atoms with Crippen LogP contribution in [0.2, 0.25) is 0 Å². The zero-order valence-corrected chi connectivity index (χ0v) is 13.8. The van der Waals surface area contributed by atoms with Crippen molar-refractivity contribution in [3.63, 3.8) is 0 Å². The number of aliphatic hydroxyl groups is 1. The van der Waals surface area contributed by atoms with Crippen molar-refractivity contribution in [3.05, 3.63) is 42.7 Å². The summed E-state index contributed by atoms with van der Waals surface area (Å²) in [6.45, 7) is 3.62. The molecule has 0 aliphatic carbocycles. The van der Waals surface area contributed by atoms with Crippen molar-refractivity contribution >= 4 is 21.7 Å². The fourth-order valence-corrected chi connectivity index (χ4v) is 2.88. The van der Waals surface area contributed by atoms with Gasteiger partial charge < -0.3 is 10.4 Å². The van der Waals surface area contributed by atoms with Crippen molar-refractivity contribution in [2.75, 3.05) is 18.5 Å². The summed E-state index contributed by atoms with van der Waals surface area (Å²) in [6.07, 6.45) is 3.22. The third-order valence-corrected chi connectivity index (χ3v) is 4.57. The lowest BCUT2D eigenvalue weighted by atomic mass is 9.96. The molecule has 0 spiro atoms. The number of sulfonamides is 1. The van der Waals surface area contributed by atoms with E-state index in [0.717, 1.165) is 0 Å². The molecule has 0 atom stereocenters. The number of rotatable bonds is 7. The molecule has 0 saturated heterocycles. The molecule has 7 nitrogen and oxygen atoms in total. The molecule has 2 aromatic rings. The summed E-state index contributed by atoms with van der Waals surface area (Å²) in [6, 6.07) is 7.99. The van der Waals surface area contributed by atoms with Crippen LogP contribution in [-0.2, 0) is 10.0 Å². The van der Waals surface area contributed by atoms with Crippen molar-refractivity contribution in [2.24, 2.45) is 5.41 Å². The first-order valence-electron chi connectivity index (χ1n) is 7.07. The molecular formula is C15H20N4O3S. The van der Waals surface area contributed by atoms with Crippen LogP contribution >= 0.6 is 0 Å². The van der Waals surface area contributed by atoms with Crippen molar-refractivity contribution in [1.29, 1.82) is 0 Å². The van der Waals surface area contributed by atoms with E-state index in [1.807, 2.05) is 0 Å². The van der Waals surface area contributed by atoms with E-state index in [2.05, 4.69) is 20.0 Å². The average molecular weight is 336 g/mol. The van der Waals surface area contributed by atoms with E-state index in [1.54, 1.807) is 44.4 Å². The van der Waals surface area contributed by atoms with Gasteiger partial charge in [-0.05, 0) is 30.3 Å². The van der Waals surface area contributed by atoms with Crippen molar-refractivity contribution in [2.45, 2.75) is 18.7 Å². The molecule has 0 aliphatic heterocycles. The fraction of sp³-hybridized carbons (Fsp3) is 0.333. The summed E-state index contributed by atoms with van der Waals surface area (Å²) in [7, 11) is -3.61. The highest BCUT2D eigenvalue weighted by Crippen LogP contribution is 2.18. The number of hydrogen-bond acceptors (Lipinski definition) is 6. The minimum atomic E-state index is -3.61. The van der Waals surface area contributed by atoms with Gasteiger partial charge in [0.2, 0.25) is 16.0 Å². The second-order valence-corrected chi connectivity index (χ2v) is 7.64. The molecule has 2 rings (SSSR count). The van der Waals surface area contributed by atoms with Crippen LogP contribution in [0.25, 0.3) is 0 Å². The topological polar surface area (TPSA) is 104 Å². The smallest absolute Gasteiger partial charge is 0.240 e. The molecule has 8 heteroatoms. The minimum Gasteiger partial charge on any atom is -0.396 e. The lowest BCUT2D eigenvalue weighted by Gasteiger charge is -2.21. The molecule has 1 aromatic heterocycles. The highest BCUT2D eigenvalue weighted by atomic mass is 32.2. The lowest BCUT2D eigenvalue weighted by Crippen LogP contribution is -2.36. The highest BCUT2D eigenvalue weighted by molar-refractivity contribution is 7.89. The maximum absolute atomic E-state index is 12.2. The third kappa shape index (κ3) is 4.98. The van der Waals surface area contributed by atoms with E-state index in [0.29, 0.717) is 11.6 Å². The predicted molar refractivity (Wildman–Crippen MR) is 87.8 cm³/mol. The zero-order valence-electron chi connectivity index (χ0n) is 13.0. The van der Waals surface area contributed by atoms with Crippen LogP contribution in [0.4, 0.5) is 11.6 Å². The van der Waals surface area contributed by atoms with Gasteiger partial charge in [0.05, 0.1) is 4.90 Å². The Morgan fingerprint density at radius 3 is 2.30 bits per heavy atom. The lowest BCUT2D eigenvalue weighted by molar-refractivity contribution is 0.163. The van der Waals surface area contributed by atoms with Crippen LogP contribution in [-0.4, -0.2) is 36.6 Å². The number of benzene rings is 1. The van der Waals surface area contributed by atoms with E-state index in [1.165, 1.54) is 12.1 Å². The first-order valence-corrected chi connectivity index (χ1v) is 8.55. The second-order valence-electron chi connectivity index (χ2n) is 5.87. The van der Waals surface area contributed by atoms with Gasteiger partial charge in [0.25, 0.3) is 0 Å². The Hall–Kier alpha value is -2.03. The molecule has 1 aromatic carbocycles. The Morgan fingerprint density at radius 1 is 1.13 bits per heavy atom. The predicted octanol–water partition coefficient (Wildman–Crippen LogP) is 1.52. The Bertz CT molecular complexity index is 731. The van der Waals surface area contributed by atoms with E-state index >= 15 is 0 Å². The van der Waals surface area contributed by atoms with Gasteiger partial charge in [0, 0.05) is 36.6 Å². The maximum Gasteiger partial charge on any atom is 0.240 e. The van der Waals surface area contributed by atoms with Gasteiger partial charge in [-0.25, -0.2) is 23.1 Å². The van der Waals surface area contributed by atoms with E-state index < -0.39 is 15.4 Å². The Morgan fingerprint density at radius 2 is 1.74 bits per heavy atom. The van der Waals surface area contributed by atoms with E-state index in [9.17, 15) is 13.5 Å². The number of anilines is 2. The molecule has 0 saturated carbocycles. The Balaban J connectivity index is 2.06. The van der Waals surface area contributed by atoms with Crippen molar-refractivity contribution in [1.82, 2.24) is 14.7 Å². The normalized spacial score (nSPS) is 12.1. The van der Waals surface area contributed by atoms with Gasteiger partial charge in [-0.1, -0.05) is 13.8 Å². The monoisotopic (exact) mass is 336 g/mol. The maximum atomic E-state index is 12.2. The molecule has 0 bridgehead atoms. The number of hydrogen-bond donors (Lipinski definition) is 3. The SMILES string of the molecule is CC(C)(CO)CNS(=O)(=O)c1ccc(Nc2ncccn2)cc1. The average Bonchev–Trinajstić information content (AvgIpc) is 2.55. The zero-order chi connectivity index (χ0) is 16.9. The standard InChI is InChI=1S/C15H20N4O3S/c1-15(2,11-20)10-18-23(21,22)13-6-4-12(5-7-13)19-14-16-8-3-9-17-14/h3-9,18,20H,10-11H2,1-2H3,(H,16,17,19). The number of nitrogens with zero attached hydrogens (tertiary/aromatic N) is 2. The highest BCUT2D eigenvalue weighted by Gasteiger charge is 2.21. The largest absolute Gasteiger partial charge is 0.396 e. The molecule has 1 heterocycles. The van der Waals surface area contributed by atoms with Crippen LogP contribution in [0.5, 0.6) is 0 Å². The fourth-order valence-electron chi connectivity index (χ4n) is 1.64. The van der Waals surface area contributed by atoms with Gasteiger partial charge in [-0.15, -0.1) is 0 Å². The van der Waals surface area contributed by atoms with E-state index in [4.69, 9.17) is 0 Å². The Kier molecular flexibility index (Phi) is 5.30. The molecule has 0 fully saturated rings. The third-order valence-electron chi connectivity index (χ3n) is 3.16. The summed E-state index contributed by atoms with van der Waals surface area (Å²) in [5, 5.41) is 12.2. The first kappa shape index (κ1) is 17.3. The van der Waals surface area contributed by atoms with Crippen molar-refractivity contribution in [3.8, 4) is 0 Å². The summed E-state index contributed by atoms with van der Waals surface area (Å²) in [5.41, 5.74) is 0.171. The summed E-state index contributed by atoms with van der Waals surface area (Å²) >= 11 is 0. The second kappa shape index (κ2) is 7.03. The van der Waals surface area contributed by atoms with Gasteiger partial charge >= 0.3 is 0 Å². The molecule has 0 radical (unpaired) electrons. The number of aliphatic hydroxyl groups excluding tert-OH is 1. The van der Waals surface area contributed by atoms with Crippen LogP contribution in [0.3, 0.4) is 0 Å². The van der Waals surface area contributed by atoms with Crippen LogP contribution in [0, 0.1) is 5.41 Å². The molecule has 0 amide bonds. The summed E-state index contributed by atoms with van der Waals surface area (Å²) in [4.78, 5) is 8.23.